The number of furan rings is 1. The summed E-state index contributed by atoms with van der Waals surface area (Å²) in [4.78, 5) is 1.11. The Labute approximate surface area is 138 Å². The molecule has 0 fully saturated rings. The number of rotatable bonds is 6. The molecule has 22 heavy (non-hydrogen) atoms. The number of hydrogen-bond acceptors (Lipinski definition) is 4. The molecule has 0 bridgehead atoms. The lowest BCUT2D eigenvalue weighted by atomic mass is 9.99. The van der Waals surface area contributed by atoms with E-state index in [1.54, 1.807) is 17.6 Å². The second-order valence-corrected chi connectivity index (χ2v) is 7.10. The molecule has 5 heteroatoms. The van der Waals surface area contributed by atoms with Crippen molar-refractivity contribution in [2.75, 3.05) is 13.6 Å². The van der Waals surface area contributed by atoms with Gasteiger partial charge in [0.2, 0.25) is 0 Å². The van der Waals surface area contributed by atoms with Gasteiger partial charge in [-0.15, -0.1) is 11.3 Å². The maximum absolute atomic E-state index is 6.39. The Bertz CT molecular complexity index is 767. The summed E-state index contributed by atoms with van der Waals surface area (Å²) in [7, 11) is 1.94. The summed E-state index contributed by atoms with van der Waals surface area (Å²) in [6.45, 7) is 2.94. The van der Waals surface area contributed by atoms with E-state index in [4.69, 9.17) is 20.8 Å². The molecule has 2 heterocycles. The fourth-order valence-electron chi connectivity index (χ4n) is 2.48. The number of ether oxygens (including phenoxy) is 1. The molecule has 116 valence electrons. The Kier molecular flexibility index (Phi) is 4.43. The zero-order valence-electron chi connectivity index (χ0n) is 12.6. The smallest absolute Gasteiger partial charge is 0.175 e. The molecular formula is C17H18ClNO2S. The van der Waals surface area contributed by atoms with E-state index in [1.807, 2.05) is 43.4 Å². The largest absolute Gasteiger partial charge is 0.478 e. The van der Waals surface area contributed by atoms with Gasteiger partial charge in [0, 0.05) is 16.7 Å². The van der Waals surface area contributed by atoms with Crippen molar-refractivity contribution in [1.29, 1.82) is 0 Å². The number of benzene rings is 1. The number of nitrogens with one attached hydrogen (secondary N) is 1. The quantitative estimate of drug-likeness (QED) is 0.684. The Morgan fingerprint density at radius 3 is 2.86 bits per heavy atom. The van der Waals surface area contributed by atoms with Crippen LogP contribution in [-0.4, -0.2) is 13.6 Å². The minimum Gasteiger partial charge on any atom is -0.478 e. The number of halogens is 1. The number of para-hydroxylation sites is 1. The van der Waals surface area contributed by atoms with E-state index in [0.29, 0.717) is 0 Å². The van der Waals surface area contributed by atoms with E-state index >= 15 is 0 Å². The van der Waals surface area contributed by atoms with Gasteiger partial charge in [-0.1, -0.05) is 23.7 Å². The van der Waals surface area contributed by atoms with Crippen LogP contribution in [0.5, 0.6) is 5.75 Å². The zero-order valence-corrected chi connectivity index (χ0v) is 14.1. The van der Waals surface area contributed by atoms with Crippen molar-refractivity contribution >= 4 is 33.9 Å². The van der Waals surface area contributed by atoms with E-state index < -0.39 is 5.60 Å². The minimum atomic E-state index is -0.456. The molecular weight excluding hydrogens is 318 g/mol. The van der Waals surface area contributed by atoms with Crippen LogP contribution in [0.25, 0.3) is 11.0 Å². The molecule has 0 radical (unpaired) electrons. The number of fused-ring (bicyclic) bond motifs is 1. The third kappa shape index (κ3) is 3.00. The van der Waals surface area contributed by atoms with Gasteiger partial charge < -0.3 is 14.5 Å². The lowest BCUT2D eigenvalue weighted by molar-refractivity contribution is 0.0821. The standard InChI is InChI=1S/C17H18ClNO2S/c1-17(9-10-19-2,14-6-7-15(18)22-14)21-13-5-3-4-12-8-11-20-16(12)13/h3-8,11,19H,9-10H2,1-2H3/t17-/m1/s1. The minimum absolute atomic E-state index is 0.456. The van der Waals surface area contributed by atoms with Crippen LogP contribution in [0.4, 0.5) is 0 Å². The molecule has 0 spiro atoms. The van der Waals surface area contributed by atoms with Gasteiger partial charge in [-0.2, -0.15) is 0 Å². The maximum Gasteiger partial charge on any atom is 0.175 e. The highest BCUT2D eigenvalue weighted by atomic mass is 35.5. The normalized spacial score (nSPS) is 14.1. The van der Waals surface area contributed by atoms with Gasteiger partial charge >= 0.3 is 0 Å². The molecule has 1 aromatic carbocycles. The molecule has 0 aliphatic rings. The Morgan fingerprint density at radius 1 is 1.27 bits per heavy atom. The van der Waals surface area contributed by atoms with Crippen molar-refractivity contribution in [3.8, 4) is 5.75 Å². The highest BCUT2D eigenvalue weighted by Gasteiger charge is 2.31. The van der Waals surface area contributed by atoms with E-state index in [-0.39, 0.29) is 0 Å². The maximum atomic E-state index is 6.39. The summed E-state index contributed by atoms with van der Waals surface area (Å²) in [5.41, 5.74) is 0.322. The third-order valence-electron chi connectivity index (χ3n) is 3.72. The molecule has 0 aliphatic carbocycles. The van der Waals surface area contributed by atoms with Crippen molar-refractivity contribution in [3.05, 3.63) is 51.9 Å². The molecule has 0 saturated carbocycles. The Balaban J connectivity index is 1.97. The topological polar surface area (TPSA) is 34.4 Å². The van der Waals surface area contributed by atoms with Crippen molar-refractivity contribution in [1.82, 2.24) is 5.32 Å². The second kappa shape index (κ2) is 6.32. The molecule has 0 unspecified atom stereocenters. The van der Waals surface area contributed by atoms with Crippen molar-refractivity contribution < 1.29 is 9.15 Å². The Morgan fingerprint density at radius 2 is 2.14 bits per heavy atom. The van der Waals surface area contributed by atoms with Crippen LogP contribution in [0, 0.1) is 0 Å². The molecule has 3 rings (SSSR count). The van der Waals surface area contributed by atoms with Gasteiger partial charge in [0.1, 0.15) is 5.60 Å². The summed E-state index contributed by atoms with van der Waals surface area (Å²) < 4.78 is 12.7. The van der Waals surface area contributed by atoms with Gasteiger partial charge in [-0.3, -0.25) is 0 Å². The summed E-state index contributed by atoms with van der Waals surface area (Å²) >= 11 is 7.66. The molecule has 0 saturated heterocycles. The summed E-state index contributed by atoms with van der Waals surface area (Å²) in [5.74, 6) is 0.755. The predicted octanol–water partition coefficient (Wildman–Crippen LogP) is 5.05. The van der Waals surface area contributed by atoms with Crippen LogP contribution < -0.4 is 10.1 Å². The van der Waals surface area contributed by atoms with Gasteiger partial charge in [-0.05, 0) is 44.8 Å². The molecule has 0 aliphatic heterocycles. The molecule has 2 aromatic heterocycles. The second-order valence-electron chi connectivity index (χ2n) is 5.39. The first-order chi connectivity index (χ1) is 10.6. The van der Waals surface area contributed by atoms with Crippen LogP contribution in [0.1, 0.15) is 18.2 Å². The lowest BCUT2D eigenvalue weighted by Crippen LogP contribution is -2.32. The molecule has 1 atom stereocenters. The molecule has 0 amide bonds. The summed E-state index contributed by atoms with van der Waals surface area (Å²) in [5, 5.41) is 4.23. The molecule has 1 N–H and O–H groups in total. The zero-order chi connectivity index (χ0) is 15.6. The van der Waals surface area contributed by atoms with Gasteiger partial charge in [0.05, 0.1) is 10.6 Å². The van der Waals surface area contributed by atoms with Gasteiger partial charge in [0.25, 0.3) is 0 Å². The van der Waals surface area contributed by atoms with Crippen LogP contribution in [0.3, 0.4) is 0 Å². The summed E-state index contributed by atoms with van der Waals surface area (Å²) in [6, 6.07) is 11.8. The fourth-order valence-corrected chi connectivity index (χ4v) is 3.63. The fraction of sp³-hybridized carbons (Fsp3) is 0.294. The first kappa shape index (κ1) is 15.4. The third-order valence-corrected chi connectivity index (χ3v) is 5.20. The molecule has 3 aromatic rings. The van der Waals surface area contributed by atoms with E-state index in [1.165, 1.54) is 0 Å². The van der Waals surface area contributed by atoms with Crippen molar-refractivity contribution in [2.45, 2.75) is 18.9 Å². The highest BCUT2D eigenvalue weighted by molar-refractivity contribution is 7.16. The van der Waals surface area contributed by atoms with E-state index in [0.717, 1.165) is 38.9 Å². The first-order valence-electron chi connectivity index (χ1n) is 7.18. The van der Waals surface area contributed by atoms with Gasteiger partial charge in [-0.25, -0.2) is 0 Å². The van der Waals surface area contributed by atoms with E-state index in [2.05, 4.69) is 12.2 Å². The van der Waals surface area contributed by atoms with Crippen molar-refractivity contribution in [3.63, 3.8) is 0 Å². The number of hydrogen-bond donors (Lipinski definition) is 1. The van der Waals surface area contributed by atoms with Crippen molar-refractivity contribution in [2.24, 2.45) is 0 Å². The monoisotopic (exact) mass is 335 g/mol. The Hall–Kier alpha value is -1.49. The van der Waals surface area contributed by atoms with Crippen LogP contribution >= 0.6 is 22.9 Å². The van der Waals surface area contributed by atoms with E-state index in [9.17, 15) is 0 Å². The average Bonchev–Trinajstić information content (AvgIpc) is 3.14. The van der Waals surface area contributed by atoms with Crippen LogP contribution in [0.15, 0.2) is 47.1 Å². The SMILES string of the molecule is CNCC[C@@](C)(Oc1cccc2ccoc12)c1ccc(Cl)s1. The molecule has 3 nitrogen and oxygen atoms in total. The van der Waals surface area contributed by atoms with Gasteiger partial charge in [0.15, 0.2) is 11.3 Å². The lowest BCUT2D eigenvalue weighted by Gasteiger charge is -2.30. The van der Waals surface area contributed by atoms with Crippen LogP contribution in [0.2, 0.25) is 4.34 Å². The first-order valence-corrected chi connectivity index (χ1v) is 8.37. The number of thiophene rings is 1. The van der Waals surface area contributed by atoms with Crippen LogP contribution in [-0.2, 0) is 5.60 Å². The predicted molar refractivity (Wildman–Crippen MR) is 92.1 cm³/mol. The average molecular weight is 336 g/mol. The highest BCUT2D eigenvalue weighted by Crippen LogP contribution is 2.39. The summed E-state index contributed by atoms with van der Waals surface area (Å²) in [6.07, 6.45) is 2.52.